The number of carbonyl (C=O) groups excluding carboxylic acids is 1. The Morgan fingerprint density at radius 3 is 2.84 bits per heavy atom. The Morgan fingerprint density at radius 2 is 2.06 bits per heavy atom. The minimum Gasteiger partial charge on any atom is -0.462 e. The first-order valence-corrected chi connectivity index (χ1v) is 11.6. The number of allylic oxidation sites excluding steroid dienone is 1. The lowest BCUT2D eigenvalue weighted by molar-refractivity contribution is -0.145. The van der Waals surface area contributed by atoms with Gasteiger partial charge in [0.2, 0.25) is 0 Å². The summed E-state index contributed by atoms with van der Waals surface area (Å²) in [6.07, 6.45) is 12.1. The van der Waals surface area contributed by atoms with Gasteiger partial charge in [0, 0.05) is 17.7 Å². The van der Waals surface area contributed by atoms with Gasteiger partial charge >= 0.3 is 5.97 Å². The van der Waals surface area contributed by atoms with E-state index in [-0.39, 0.29) is 35.1 Å². The maximum absolute atomic E-state index is 13.5. The molecule has 4 heteroatoms. The van der Waals surface area contributed by atoms with Gasteiger partial charge in [-0.25, -0.2) is 4.39 Å². The zero-order chi connectivity index (χ0) is 21.6. The van der Waals surface area contributed by atoms with E-state index in [2.05, 4.69) is 31.0 Å². The van der Waals surface area contributed by atoms with Crippen molar-refractivity contribution in [3.8, 4) is 11.1 Å². The van der Waals surface area contributed by atoms with Gasteiger partial charge in [-0.3, -0.25) is 9.78 Å². The molecule has 1 aromatic carbocycles. The summed E-state index contributed by atoms with van der Waals surface area (Å²) in [5, 5.41) is 0. The second-order valence-electron chi connectivity index (χ2n) is 9.95. The van der Waals surface area contributed by atoms with Crippen molar-refractivity contribution in [2.24, 2.45) is 29.1 Å². The van der Waals surface area contributed by atoms with Crippen molar-refractivity contribution < 1.29 is 13.9 Å². The Morgan fingerprint density at radius 1 is 1.19 bits per heavy atom. The zero-order valence-corrected chi connectivity index (χ0v) is 18.3. The van der Waals surface area contributed by atoms with E-state index in [9.17, 15) is 9.18 Å². The van der Waals surface area contributed by atoms with Crippen molar-refractivity contribution in [1.82, 2.24) is 4.98 Å². The second-order valence-corrected chi connectivity index (χ2v) is 9.95. The Bertz CT molecular complexity index is 1000. The van der Waals surface area contributed by atoms with E-state index >= 15 is 0 Å². The molecule has 0 radical (unpaired) electrons. The van der Waals surface area contributed by atoms with Crippen molar-refractivity contribution in [2.75, 3.05) is 0 Å². The van der Waals surface area contributed by atoms with E-state index in [1.54, 1.807) is 12.3 Å². The number of hydrogen-bond donors (Lipinski definition) is 0. The zero-order valence-electron chi connectivity index (χ0n) is 18.3. The highest BCUT2D eigenvalue weighted by molar-refractivity contribution is 5.76. The fraction of sp³-hybridized carbons (Fsp3) is 0.481. The van der Waals surface area contributed by atoms with Crippen molar-refractivity contribution in [1.29, 1.82) is 0 Å². The van der Waals surface area contributed by atoms with Crippen LogP contribution in [-0.4, -0.2) is 17.1 Å². The third-order valence-corrected chi connectivity index (χ3v) is 8.05. The molecule has 2 saturated carbocycles. The number of benzene rings is 1. The quantitative estimate of drug-likeness (QED) is 0.549. The molecule has 162 valence electrons. The summed E-state index contributed by atoms with van der Waals surface area (Å²) in [5.74, 6) is 0.946. The first-order valence-electron chi connectivity index (χ1n) is 11.6. The molecule has 2 aromatic rings. The maximum atomic E-state index is 13.5. The number of nitrogens with zero attached hydrogens (tertiary/aromatic N) is 1. The monoisotopic (exact) mass is 419 g/mol. The van der Waals surface area contributed by atoms with Crippen LogP contribution in [0.2, 0.25) is 0 Å². The number of pyridine rings is 1. The van der Waals surface area contributed by atoms with Gasteiger partial charge < -0.3 is 4.74 Å². The predicted octanol–water partition coefficient (Wildman–Crippen LogP) is 6.30. The van der Waals surface area contributed by atoms with E-state index in [1.807, 2.05) is 18.2 Å². The van der Waals surface area contributed by atoms with Crippen molar-refractivity contribution in [2.45, 2.75) is 52.1 Å². The molecular formula is C27H30FNO2. The summed E-state index contributed by atoms with van der Waals surface area (Å²) in [7, 11) is 0. The van der Waals surface area contributed by atoms with Crippen molar-refractivity contribution in [3.05, 3.63) is 60.2 Å². The number of rotatable bonds is 3. The third-order valence-electron chi connectivity index (χ3n) is 8.05. The average Bonchev–Trinajstić information content (AvgIpc) is 3.04. The summed E-state index contributed by atoms with van der Waals surface area (Å²) in [5.41, 5.74) is 2.83. The number of aromatic nitrogens is 1. The van der Waals surface area contributed by atoms with Gasteiger partial charge in [-0.1, -0.05) is 44.0 Å². The van der Waals surface area contributed by atoms with Gasteiger partial charge in [0.1, 0.15) is 11.9 Å². The number of hydrogen-bond acceptors (Lipinski definition) is 3. The largest absolute Gasteiger partial charge is 0.462 e. The number of fused-ring (bicyclic) bond motifs is 2. The minimum absolute atomic E-state index is 0.00119. The molecule has 3 aliphatic rings. The molecule has 3 nitrogen and oxygen atoms in total. The molecule has 6 atom stereocenters. The second kappa shape index (κ2) is 7.89. The molecule has 0 bridgehead atoms. The molecule has 1 saturated heterocycles. The first kappa shape index (κ1) is 20.4. The van der Waals surface area contributed by atoms with Crippen LogP contribution in [0.15, 0.2) is 48.7 Å². The van der Waals surface area contributed by atoms with E-state index in [0.717, 1.165) is 23.2 Å². The molecule has 3 fully saturated rings. The maximum Gasteiger partial charge on any atom is 0.309 e. The van der Waals surface area contributed by atoms with E-state index < -0.39 is 0 Å². The smallest absolute Gasteiger partial charge is 0.309 e. The van der Waals surface area contributed by atoms with Crippen LogP contribution < -0.4 is 0 Å². The Labute approximate surface area is 183 Å². The number of carbonyl (C=O) groups is 1. The fourth-order valence-corrected chi connectivity index (χ4v) is 6.56. The van der Waals surface area contributed by atoms with Gasteiger partial charge in [0.25, 0.3) is 0 Å². The number of cyclic esters (lactones) is 1. The molecule has 1 aromatic heterocycles. The van der Waals surface area contributed by atoms with E-state index in [4.69, 9.17) is 4.74 Å². The van der Waals surface area contributed by atoms with Crippen LogP contribution in [0.25, 0.3) is 17.2 Å². The average molecular weight is 420 g/mol. The number of ether oxygens (including phenoxy) is 1. The lowest BCUT2D eigenvalue weighted by atomic mass is 9.51. The standard InChI is InChI=1S/C27H30FNO2/c1-17-25-22(24-8-3-4-13-27(24,2)15-23(25)26(30)31-17)12-11-21-10-9-19(16-29-21)18-6-5-7-20(28)14-18/h5-7,9-12,14,16-17,22-25H,3-4,8,13,15H2,1-2H3/b12-11+/t17?,22-,23+,24?,25-,27-/m0/s1. The Balaban J connectivity index is 1.42. The van der Waals surface area contributed by atoms with Crippen molar-refractivity contribution >= 4 is 12.0 Å². The lowest BCUT2D eigenvalue weighted by Crippen LogP contribution is -2.48. The van der Waals surface area contributed by atoms with Gasteiger partial charge in [0.05, 0.1) is 11.6 Å². The number of halogens is 1. The Kier molecular flexibility index (Phi) is 5.19. The molecular weight excluding hydrogens is 389 g/mol. The molecule has 2 unspecified atom stereocenters. The summed E-state index contributed by atoms with van der Waals surface area (Å²) in [4.78, 5) is 17.2. The van der Waals surface area contributed by atoms with Crippen LogP contribution in [0.1, 0.15) is 51.6 Å². The molecule has 2 aliphatic carbocycles. The first-order chi connectivity index (χ1) is 14.9. The van der Waals surface area contributed by atoms with Gasteiger partial charge in [-0.2, -0.15) is 0 Å². The van der Waals surface area contributed by atoms with Crippen LogP contribution in [0, 0.1) is 34.9 Å². The lowest BCUT2D eigenvalue weighted by Gasteiger charge is -2.52. The Hall–Kier alpha value is -2.49. The summed E-state index contributed by atoms with van der Waals surface area (Å²) < 4.78 is 19.2. The highest BCUT2D eigenvalue weighted by Gasteiger charge is 2.57. The molecule has 0 amide bonds. The van der Waals surface area contributed by atoms with Crippen LogP contribution in [0.3, 0.4) is 0 Å². The fourth-order valence-electron chi connectivity index (χ4n) is 6.56. The summed E-state index contributed by atoms with van der Waals surface area (Å²) >= 11 is 0. The van der Waals surface area contributed by atoms with Crippen LogP contribution in [0.5, 0.6) is 0 Å². The molecule has 0 N–H and O–H groups in total. The third kappa shape index (κ3) is 3.71. The van der Waals surface area contributed by atoms with Gasteiger partial charge in [0.15, 0.2) is 0 Å². The van der Waals surface area contributed by atoms with Crippen LogP contribution in [0.4, 0.5) is 4.39 Å². The molecule has 5 rings (SSSR count). The summed E-state index contributed by atoms with van der Waals surface area (Å²) in [6, 6.07) is 10.5. The van der Waals surface area contributed by atoms with Crippen LogP contribution in [-0.2, 0) is 9.53 Å². The SMILES string of the molecule is CC1OC(=O)[C@@H]2C[C@]3(C)CCCCC3[C@H](/C=C/c3ccc(-c4cccc(F)c4)cn3)[C@H]12. The highest BCUT2D eigenvalue weighted by atomic mass is 19.1. The summed E-state index contributed by atoms with van der Waals surface area (Å²) in [6.45, 7) is 4.44. The number of esters is 1. The normalized spacial score (nSPS) is 34.9. The van der Waals surface area contributed by atoms with Crippen LogP contribution >= 0.6 is 0 Å². The molecule has 0 spiro atoms. The van der Waals surface area contributed by atoms with Gasteiger partial charge in [-0.05, 0) is 73.3 Å². The van der Waals surface area contributed by atoms with Crippen molar-refractivity contribution in [3.63, 3.8) is 0 Å². The van der Waals surface area contributed by atoms with Gasteiger partial charge in [-0.15, -0.1) is 0 Å². The molecule has 2 heterocycles. The molecule has 31 heavy (non-hydrogen) atoms. The minimum atomic E-state index is -0.244. The highest BCUT2D eigenvalue weighted by Crippen LogP contribution is 2.59. The predicted molar refractivity (Wildman–Crippen MR) is 119 cm³/mol. The van der Waals surface area contributed by atoms with E-state index in [1.165, 1.54) is 37.8 Å². The van der Waals surface area contributed by atoms with E-state index in [0.29, 0.717) is 11.8 Å². The molecule has 1 aliphatic heterocycles. The topological polar surface area (TPSA) is 39.2 Å².